The van der Waals surface area contributed by atoms with Crippen LogP contribution in [-0.4, -0.2) is 46.2 Å². The van der Waals surface area contributed by atoms with Crippen molar-refractivity contribution in [3.05, 3.63) is 113 Å². The molecule has 4 aromatic rings. The third-order valence-corrected chi connectivity index (χ3v) is 9.35. The van der Waals surface area contributed by atoms with Gasteiger partial charge in [-0.1, -0.05) is 38.1 Å². The summed E-state index contributed by atoms with van der Waals surface area (Å²) in [7, 11) is 0. The van der Waals surface area contributed by atoms with Gasteiger partial charge in [0, 0.05) is 72.9 Å². The van der Waals surface area contributed by atoms with E-state index in [0.717, 1.165) is 47.8 Å². The van der Waals surface area contributed by atoms with Crippen LogP contribution in [0, 0.1) is 5.92 Å². The summed E-state index contributed by atoms with van der Waals surface area (Å²) in [5, 5.41) is 8.10. The predicted molar refractivity (Wildman–Crippen MR) is 171 cm³/mol. The summed E-state index contributed by atoms with van der Waals surface area (Å²) < 4.78 is 0. The van der Waals surface area contributed by atoms with Gasteiger partial charge in [-0.15, -0.1) is 0 Å². The second-order valence-electron chi connectivity index (χ2n) is 12.7. The van der Waals surface area contributed by atoms with Crippen LogP contribution >= 0.6 is 0 Å². The lowest BCUT2D eigenvalue weighted by atomic mass is 9.78. The van der Waals surface area contributed by atoms with Crippen molar-refractivity contribution in [3.8, 4) is 0 Å². The molecule has 0 saturated carbocycles. The van der Waals surface area contributed by atoms with Crippen LogP contribution < -0.4 is 15.5 Å². The number of carbonyl (C=O) groups is 1. The number of anilines is 2. The van der Waals surface area contributed by atoms with Gasteiger partial charge >= 0.3 is 0 Å². The second kappa shape index (κ2) is 9.95. The molecule has 43 heavy (non-hydrogen) atoms. The maximum absolute atomic E-state index is 13.9. The summed E-state index contributed by atoms with van der Waals surface area (Å²) in [4.78, 5) is 30.7. The molecular weight excluding hydrogens is 534 g/mol. The first kappa shape index (κ1) is 26.0. The first-order valence-electron chi connectivity index (χ1n) is 15.0. The summed E-state index contributed by atoms with van der Waals surface area (Å²) >= 11 is 0. The molecule has 8 heteroatoms. The van der Waals surface area contributed by atoms with Gasteiger partial charge in [-0.25, -0.2) is 4.98 Å². The molecule has 0 spiro atoms. The Morgan fingerprint density at radius 3 is 2.95 bits per heavy atom. The van der Waals surface area contributed by atoms with E-state index in [1.54, 1.807) is 0 Å². The lowest BCUT2D eigenvalue weighted by Gasteiger charge is -2.40. The van der Waals surface area contributed by atoms with Crippen molar-refractivity contribution in [2.75, 3.05) is 23.3 Å². The molecule has 0 fully saturated rings. The van der Waals surface area contributed by atoms with Crippen molar-refractivity contribution in [1.29, 1.82) is 0 Å². The highest BCUT2D eigenvalue weighted by Gasteiger charge is 2.35. The number of aliphatic imine (C=N–C) groups is 1. The second-order valence-corrected chi connectivity index (χ2v) is 12.7. The molecule has 0 saturated heterocycles. The number of aromatic amines is 1. The minimum absolute atomic E-state index is 0.00678. The van der Waals surface area contributed by atoms with Gasteiger partial charge in [-0.3, -0.25) is 14.7 Å². The zero-order valence-electron chi connectivity index (χ0n) is 24.5. The largest absolute Gasteiger partial charge is 0.381 e. The topological polar surface area (TPSA) is 88.7 Å². The Labute approximate surface area is 251 Å². The Hall–Kier alpha value is -4.69. The molecular formula is C35H35N7O. The van der Waals surface area contributed by atoms with Crippen LogP contribution in [0.3, 0.4) is 0 Å². The fourth-order valence-corrected chi connectivity index (χ4v) is 7.33. The van der Waals surface area contributed by atoms with Crippen LogP contribution in [0.4, 0.5) is 11.4 Å². The Morgan fingerprint density at radius 1 is 1.09 bits per heavy atom. The summed E-state index contributed by atoms with van der Waals surface area (Å²) in [6.45, 7) is 8.51. The van der Waals surface area contributed by atoms with Crippen LogP contribution in [0.1, 0.15) is 46.5 Å². The molecule has 4 aliphatic heterocycles. The van der Waals surface area contributed by atoms with Gasteiger partial charge in [0.05, 0.1) is 12.1 Å². The van der Waals surface area contributed by atoms with Crippen LogP contribution in [0.5, 0.6) is 0 Å². The van der Waals surface area contributed by atoms with Crippen molar-refractivity contribution in [2.24, 2.45) is 10.9 Å². The molecule has 0 bridgehead atoms. The van der Waals surface area contributed by atoms with Gasteiger partial charge in [0.2, 0.25) is 0 Å². The molecule has 0 aliphatic carbocycles. The zero-order chi connectivity index (χ0) is 29.1. The van der Waals surface area contributed by atoms with Gasteiger partial charge in [0.1, 0.15) is 11.8 Å². The third kappa shape index (κ3) is 4.44. The lowest BCUT2D eigenvalue weighted by Crippen LogP contribution is -2.41. The number of H-pyrrole nitrogens is 1. The first-order chi connectivity index (χ1) is 20.9. The number of dihydropyridines is 1. The maximum Gasteiger partial charge on any atom is 0.261 e. The zero-order valence-corrected chi connectivity index (χ0v) is 24.5. The molecule has 8 rings (SSSR count). The highest BCUT2D eigenvalue weighted by atomic mass is 16.2. The average molecular weight is 570 g/mol. The fraction of sp³-hybridized carbons (Fsp3) is 0.286. The third-order valence-electron chi connectivity index (χ3n) is 9.35. The van der Waals surface area contributed by atoms with E-state index in [2.05, 4.69) is 93.1 Å². The maximum atomic E-state index is 13.9. The number of amides is 1. The lowest BCUT2D eigenvalue weighted by molar-refractivity contribution is 0.0997. The minimum Gasteiger partial charge on any atom is -0.381 e. The summed E-state index contributed by atoms with van der Waals surface area (Å²) in [5.74, 6) is 0.295. The Balaban J connectivity index is 1.02. The number of benzene rings is 2. The van der Waals surface area contributed by atoms with E-state index in [0.29, 0.717) is 13.1 Å². The number of fused-ring (bicyclic) bond motifs is 4. The Kier molecular flexibility index (Phi) is 6.01. The number of hydrogen-bond acceptors (Lipinski definition) is 6. The first-order valence-corrected chi connectivity index (χ1v) is 15.0. The van der Waals surface area contributed by atoms with Crippen molar-refractivity contribution in [3.63, 3.8) is 0 Å². The summed E-state index contributed by atoms with van der Waals surface area (Å²) in [6.07, 6.45) is 12.1. The number of carbonyl (C=O) groups excluding carboxylic acids is 1. The van der Waals surface area contributed by atoms with Crippen molar-refractivity contribution >= 4 is 34.5 Å². The molecule has 0 radical (unpaired) electrons. The Morgan fingerprint density at radius 2 is 2.02 bits per heavy atom. The van der Waals surface area contributed by atoms with E-state index in [4.69, 9.17) is 0 Å². The number of pyridine rings is 1. The monoisotopic (exact) mass is 569 g/mol. The Bertz CT molecular complexity index is 1850. The van der Waals surface area contributed by atoms with E-state index in [1.807, 2.05) is 41.6 Å². The quantitative estimate of drug-likeness (QED) is 0.286. The van der Waals surface area contributed by atoms with Crippen LogP contribution in [0.25, 0.3) is 11.0 Å². The highest BCUT2D eigenvalue weighted by molar-refractivity contribution is 6.13. The molecule has 216 valence electrons. The van der Waals surface area contributed by atoms with Crippen molar-refractivity contribution < 1.29 is 4.79 Å². The van der Waals surface area contributed by atoms with Gasteiger partial charge < -0.3 is 20.5 Å². The van der Waals surface area contributed by atoms with E-state index >= 15 is 0 Å². The normalized spacial score (nSPS) is 21.9. The van der Waals surface area contributed by atoms with E-state index in [-0.39, 0.29) is 23.4 Å². The molecule has 1 amide bonds. The molecule has 3 N–H and O–H groups in total. The van der Waals surface area contributed by atoms with Crippen LogP contribution in [0.15, 0.2) is 89.8 Å². The van der Waals surface area contributed by atoms with E-state index in [9.17, 15) is 4.79 Å². The van der Waals surface area contributed by atoms with Gasteiger partial charge in [0.25, 0.3) is 5.91 Å². The number of hydrogen-bond donors (Lipinski definition) is 3. The fourth-order valence-electron chi connectivity index (χ4n) is 7.33. The van der Waals surface area contributed by atoms with Crippen LogP contribution in [-0.2, 0) is 25.0 Å². The smallest absolute Gasteiger partial charge is 0.261 e. The molecule has 2 aromatic heterocycles. The predicted octanol–water partition coefficient (Wildman–Crippen LogP) is 5.50. The number of rotatable bonds is 6. The molecule has 2 unspecified atom stereocenters. The van der Waals surface area contributed by atoms with Gasteiger partial charge in [-0.2, -0.15) is 0 Å². The molecule has 2 atom stereocenters. The molecule has 4 aliphatic rings. The standard InChI is InChI=1S/C35H35N7O/c1-35(2)21-41(19-25-17-40-33-28(25)8-5-13-37-33)18-23-14-26(10-11-29(23)35)42-20-22-6-3-9-30(31(22)34(42)43)38-15-24-16-39-32-27(24)7-4-12-36-32/h3-14,16-17,27,32,38-39H,15,18-21H2,1-2H3,(H,37,40). The van der Waals surface area contributed by atoms with Gasteiger partial charge in [0.15, 0.2) is 0 Å². The highest BCUT2D eigenvalue weighted by Crippen LogP contribution is 2.39. The molecule has 6 heterocycles. The van der Waals surface area contributed by atoms with E-state index in [1.165, 1.54) is 27.6 Å². The van der Waals surface area contributed by atoms with Crippen molar-refractivity contribution in [2.45, 2.75) is 45.1 Å². The number of nitrogens with zero attached hydrogens (tertiary/aromatic N) is 4. The minimum atomic E-state index is -0.00678. The number of nitrogens with one attached hydrogen (secondary N) is 3. The van der Waals surface area contributed by atoms with E-state index < -0.39 is 0 Å². The summed E-state index contributed by atoms with van der Waals surface area (Å²) in [6, 6.07) is 16.9. The SMILES string of the molecule is CC1(C)CN(Cc2c[nH]c3ncccc23)Cc2cc(N3Cc4cccc(NCC5=CNC6N=CC=CC56)c4C3=O)ccc21. The summed E-state index contributed by atoms with van der Waals surface area (Å²) in [5.41, 5.74) is 9.73. The molecule has 8 nitrogen and oxygen atoms in total. The molecule has 2 aromatic carbocycles. The van der Waals surface area contributed by atoms with Gasteiger partial charge in [-0.05, 0) is 70.4 Å². The number of aromatic nitrogens is 2. The van der Waals surface area contributed by atoms with Crippen molar-refractivity contribution in [1.82, 2.24) is 20.2 Å². The average Bonchev–Trinajstić information content (AvgIpc) is 3.71. The number of allylic oxidation sites excluding steroid dienone is 1. The van der Waals surface area contributed by atoms with Crippen LogP contribution in [0.2, 0.25) is 0 Å².